The van der Waals surface area contributed by atoms with Gasteiger partial charge in [-0.05, 0) is 89.0 Å². The molecule has 0 bridgehead atoms. The van der Waals surface area contributed by atoms with E-state index in [0.717, 1.165) is 142 Å². The van der Waals surface area contributed by atoms with Gasteiger partial charge in [-0.3, -0.25) is 0 Å². The molecular weight excluding hydrogens is 1310 g/mol. The lowest BCUT2D eigenvalue weighted by Gasteiger charge is -2.13. The first-order valence-electron chi connectivity index (χ1n) is 33.8. The largest absolute Gasteiger partial charge is 0.456 e. The topological polar surface area (TPSA) is 117 Å². The molecule has 0 unspecified atom stereocenters. The van der Waals surface area contributed by atoms with Crippen LogP contribution in [0.4, 0.5) is 0 Å². The van der Waals surface area contributed by atoms with E-state index in [1.54, 1.807) is 11.3 Å². The minimum Gasteiger partial charge on any atom is -0.456 e. The van der Waals surface area contributed by atoms with E-state index in [2.05, 4.69) is 231 Å². The van der Waals surface area contributed by atoms with Crippen LogP contribution in [0.15, 0.2) is 304 Å². The molecule has 0 aliphatic heterocycles. The number of benzene rings is 14. The first kappa shape index (κ1) is 57.1. The van der Waals surface area contributed by atoms with Crippen LogP contribution in [0.3, 0.4) is 0 Å². The Bertz CT molecular complexity index is 7300. The van der Waals surface area contributed by atoms with E-state index in [-0.39, 0.29) is 0 Å². The second kappa shape index (κ2) is 22.3. The molecule has 0 amide bonds. The zero-order valence-electron chi connectivity index (χ0n) is 53.8. The van der Waals surface area contributed by atoms with Gasteiger partial charge in [-0.15, -0.1) is 34.0 Å². The molecular formula is C90H48N6O3S3. The van der Waals surface area contributed by atoms with Crippen LogP contribution in [0.2, 0.25) is 0 Å². The number of thiophene rings is 3. The first-order chi connectivity index (χ1) is 50.5. The lowest BCUT2D eigenvalue weighted by Crippen LogP contribution is -2.00. The molecule has 0 aliphatic rings. The summed E-state index contributed by atoms with van der Waals surface area (Å²) in [7, 11) is 0. The minimum absolute atomic E-state index is 0.502. The summed E-state index contributed by atoms with van der Waals surface area (Å²) in [6, 6.07) is 102. The Morgan fingerprint density at radius 1 is 0.196 bits per heavy atom. The molecule has 0 saturated heterocycles. The predicted octanol–water partition coefficient (Wildman–Crippen LogP) is 25.9. The molecule has 0 saturated carbocycles. The molecule has 0 radical (unpaired) electrons. The van der Waals surface area contributed by atoms with E-state index in [1.165, 1.54) is 45.9 Å². The van der Waals surface area contributed by atoms with Crippen LogP contribution in [-0.2, 0) is 0 Å². The van der Waals surface area contributed by atoms with Gasteiger partial charge in [0.1, 0.15) is 33.5 Å². The van der Waals surface area contributed by atoms with Gasteiger partial charge in [0.2, 0.25) is 0 Å². The summed E-state index contributed by atoms with van der Waals surface area (Å²) in [5.74, 6) is 3.25. The fraction of sp³-hybridized carbons (Fsp3) is 0. The van der Waals surface area contributed by atoms with E-state index < -0.39 is 0 Å². The SMILES string of the molecule is c1ccc(-c2nc(-c3cccc4c3oc3cccc(-c5ccc(-c6cccc(-c7nc(-c8cccc9c8oc8cccc(-c%10cccc%11c%10sc%10ccccc%10%11)c89)nc(-c8cccc9c8sc8ccccc89)n7)c6)c6c5sc5ccccc56)c34)nc(-c3cccc4oc5ccccc5c34)n2)cc1. The Hall–Kier alpha value is -12.8. The van der Waals surface area contributed by atoms with Gasteiger partial charge in [0.15, 0.2) is 34.9 Å². The summed E-state index contributed by atoms with van der Waals surface area (Å²) in [5.41, 5.74) is 16.2. The van der Waals surface area contributed by atoms with Crippen molar-refractivity contribution in [3.05, 3.63) is 291 Å². The molecule has 9 nitrogen and oxygen atoms in total. The highest BCUT2D eigenvalue weighted by atomic mass is 32.1. The van der Waals surface area contributed by atoms with Crippen molar-refractivity contribution >= 4 is 160 Å². The molecule has 8 aromatic heterocycles. The van der Waals surface area contributed by atoms with Gasteiger partial charge in [-0.25, -0.2) is 29.9 Å². The third-order valence-corrected chi connectivity index (χ3v) is 23.7. The van der Waals surface area contributed by atoms with Crippen molar-refractivity contribution in [1.82, 2.24) is 29.9 Å². The molecule has 0 N–H and O–H groups in total. The Morgan fingerprint density at radius 2 is 0.569 bits per heavy atom. The Balaban J connectivity index is 0.699. The summed E-state index contributed by atoms with van der Waals surface area (Å²) in [6.07, 6.45) is 0. The lowest BCUT2D eigenvalue weighted by molar-refractivity contribution is 0.668. The molecule has 0 aliphatic carbocycles. The van der Waals surface area contributed by atoms with Crippen molar-refractivity contribution in [3.63, 3.8) is 0 Å². The number of hydrogen-bond acceptors (Lipinski definition) is 12. The zero-order chi connectivity index (χ0) is 66.7. The smallest absolute Gasteiger partial charge is 0.167 e. The molecule has 102 heavy (non-hydrogen) atoms. The van der Waals surface area contributed by atoms with Crippen LogP contribution in [0.5, 0.6) is 0 Å². The van der Waals surface area contributed by atoms with Crippen molar-refractivity contribution in [2.75, 3.05) is 0 Å². The maximum atomic E-state index is 7.08. The van der Waals surface area contributed by atoms with Crippen molar-refractivity contribution in [2.24, 2.45) is 0 Å². The molecule has 14 aromatic carbocycles. The van der Waals surface area contributed by atoms with Crippen molar-refractivity contribution in [3.8, 4) is 102 Å². The van der Waals surface area contributed by atoms with Crippen molar-refractivity contribution < 1.29 is 13.3 Å². The summed E-state index contributed by atoms with van der Waals surface area (Å²) in [5, 5.41) is 13.2. The number of hydrogen-bond donors (Lipinski definition) is 0. The quantitative estimate of drug-likeness (QED) is 0.139. The van der Waals surface area contributed by atoms with E-state index in [9.17, 15) is 0 Å². The maximum absolute atomic E-state index is 7.08. The summed E-state index contributed by atoms with van der Waals surface area (Å²) in [6.45, 7) is 0. The normalized spacial score (nSPS) is 12.1. The average molecular weight is 1360 g/mol. The third-order valence-electron chi connectivity index (χ3n) is 20.1. The van der Waals surface area contributed by atoms with E-state index >= 15 is 0 Å². The monoisotopic (exact) mass is 1360 g/mol. The van der Waals surface area contributed by atoms with E-state index in [0.29, 0.717) is 40.5 Å². The van der Waals surface area contributed by atoms with Gasteiger partial charge < -0.3 is 13.3 Å². The van der Waals surface area contributed by atoms with Crippen LogP contribution in [0.1, 0.15) is 0 Å². The molecule has 0 atom stereocenters. The average Bonchev–Trinajstić information content (AvgIpc) is 1.56. The minimum atomic E-state index is 0.502. The molecule has 12 heteroatoms. The number of furan rings is 3. The Kier molecular flexibility index (Phi) is 12.5. The highest BCUT2D eigenvalue weighted by molar-refractivity contribution is 7.27. The molecule has 474 valence electrons. The predicted molar refractivity (Wildman–Crippen MR) is 423 cm³/mol. The van der Waals surface area contributed by atoms with E-state index in [1.807, 2.05) is 83.3 Å². The Morgan fingerprint density at radius 3 is 1.21 bits per heavy atom. The highest BCUT2D eigenvalue weighted by Crippen LogP contribution is 2.51. The molecule has 0 fully saturated rings. The van der Waals surface area contributed by atoms with E-state index in [4.69, 9.17) is 43.2 Å². The van der Waals surface area contributed by atoms with Gasteiger partial charge in [-0.2, -0.15) is 0 Å². The van der Waals surface area contributed by atoms with Gasteiger partial charge in [0, 0.05) is 126 Å². The van der Waals surface area contributed by atoms with Crippen LogP contribution in [-0.4, -0.2) is 29.9 Å². The number of fused-ring (bicyclic) bond motifs is 18. The Labute approximate surface area is 592 Å². The second-order valence-corrected chi connectivity index (χ2v) is 28.9. The van der Waals surface area contributed by atoms with Crippen molar-refractivity contribution in [1.29, 1.82) is 0 Å². The lowest BCUT2D eigenvalue weighted by atomic mass is 9.92. The summed E-state index contributed by atoms with van der Waals surface area (Å²) >= 11 is 5.41. The van der Waals surface area contributed by atoms with Gasteiger partial charge in [0.05, 0.1) is 11.1 Å². The summed E-state index contributed by atoms with van der Waals surface area (Å²) < 4.78 is 27.7. The molecule has 22 rings (SSSR count). The second-order valence-electron chi connectivity index (χ2n) is 25.8. The third kappa shape index (κ3) is 8.74. The number of rotatable bonds is 9. The fourth-order valence-electron chi connectivity index (χ4n) is 15.5. The summed E-state index contributed by atoms with van der Waals surface area (Å²) in [4.78, 5) is 32.2. The van der Waals surface area contributed by atoms with Gasteiger partial charge in [-0.1, -0.05) is 224 Å². The zero-order valence-corrected chi connectivity index (χ0v) is 56.3. The van der Waals surface area contributed by atoms with Crippen LogP contribution >= 0.6 is 34.0 Å². The fourth-order valence-corrected chi connectivity index (χ4v) is 19.2. The van der Waals surface area contributed by atoms with Gasteiger partial charge in [0.25, 0.3) is 0 Å². The molecule has 0 spiro atoms. The molecule has 8 heterocycles. The van der Waals surface area contributed by atoms with Crippen molar-refractivity contribution in [2.45, 2.75) is 0 Å². The van der Waals surface area contributed by atoms with Crippen LogP contribution in [0, 0.1) is 0 Å². The molecule has 22 aromatic rings. The van der Waals surface area contributed by atoms with Crippen LogP contribution < -0.4 is 0 Å². The number of nitrogens with zero attached hydrogens (tertiary/aromatic N) is 6. The number of aromatic nitrogens is 6. The van der Waals surface area contributed by atoms with Gasteiger partial charge >= 0.3 is 0 Å². The van der Waals surface area contributed by atoms with Crippen LogP contribution in [0.25, 0.3) is 228 Å². The maximum Gasteiger partial charge on any atom is 0.167 e. The highest BCUT2D eigenvalue weighted by Gasteiger charge is 2.27. The standard InChI is InChI=1S/C90H48N6O3S3/c1-2-20-49(21-3-1)85-91-87(65-35-19-40-70-78(65)61-26-4-8-39-69(61)97-70)95-88(92-85)66-36-16-34-64-77-56(29-18-42-72(77)99-81(64)66)60-47-46-52(79-62-27-7-11-45-75(62)102-84(60)79)50-22-12-23-51(48-50)86-93-89(96-90(94-86)68-38-14-31-58-54-25-6-10-44-74(54)101-83(58)68)67-37-15-33-63-76-55(28-17-41-71(76)98-80(63)67)59-32-13-30-57-53-24-5-9-43-73(53)100-82(57)59/h1-48H. The number of para-hydroxylation sites is 3. The first-order valence-corrected chi connectivity index (χ1v) is 36.2.